The summed E-state index contributed by atoms with van der Waals surface area (Å²) < 4.78 is 31.6. The smallest absolute Gasteiger partial charge is 0.258 e. The summed E-state index contributed by atoms with van der Waals surface area (Å²) in [6, 6.07) is 10.3. The Hall–Kier alpha value is -2.43. The lowest BCUT2D eigenvalue weighted by molar-refractivity contribution is 0.0976. The van der Waals surface area contributed by atoms with Crippen LogP contribution in [0.3, 0.4) is 0 Å². The molecule has 0 aromatic heterocycles. The molecule has 2 aromatic rings. The molecule has 0 unspecified atom stereocenters. The minimum atomic E-state index is -1.03. The third-order valence-electron chi connectivity index (χ3n) is 3.14. The summed E-state index contributed by atoms with van der Waals surface area (Å²) in [4.78, 5) is 13.9. The van der Waals surface area contributed by atoms with E-state index in [0.29, 0.717) is 24.6 Å². The normalized spacial score (nSPS) is 13.6. The van der Waals surface area contributed by atoms with Gasteiger partial charge in [-0.05, 0) is 30.3 Å². The van der Waals surface area contributed by atoms with Gasteiger partial charge >= 0.3 is 0 Å². The number of para-hydroxylation sites is 2. The zero-order valence-electron chi connectivity index (χ0n) is 10.5. The molecule has 5 heteroatoms. The first-order valence-electron chi connectivity index (χ1n) is 6.15. The van der Waals surface area contributed by atoms with Crippen LogP contribution in [0.15, 0.2) is 42.5 Å². The van der Waals surface area contributed by atoms with Crippen molar-refractivity contribution >= 4 is 11.6 Å². The third kappa shape index (κ3) is 2.11. The first kappa shape index (κ1) is 12.6. The molecule has 102 valence electrons. The number of anilines is 1. The van der Waals surface area contributed by atoms with E-state index in [4.69, 9.17) is 4.74 Å². The molecule has 1 amide bonds. The molecule has 0 radical (unpaired) electrons. The van der Waals surface area contributed by atoms with Crippen molar-refractivity contribution in [3.63, 3.8) is 0 Å². The molecule has 0 N–H and O–H groups in total. The molecule has 1 aliphatic rings. The highest BCUT2D eigenvalue weighted by Gasteiger charge is 2.24. The fraction of sp³-hybridized carbons (Fsp3) is 0.133. The molecule has 0 fully saturated rings. The molecule has 2 aromatic carbocycles. The van der Waals surface area contributed by atoms with Gasteiger partial charge in [-0.25, -0.2) is 8.78 Å². The molecule has 0 saturated carbocycles. The number of carbonyl (C=O) groups is 1. The van der Waals surface area contributed by atoms with Crippen LogP contribution in [-0.2, 0) is 0 Å². The highest BCUT2D eigenvalue weighted by molar-refractivity contribution is 6.07. The Morgan fingerprint density at radius 3 is 2.70 bits per heavy atom. The lowest BCUT2D eigenvalue weighted by atomic mass is 10.1. The van der Waals surface area contributed by atoms with Gasteiger partial charge in [0.2, 0.25) is 0 Å². The van der Waals surface area contributed by atoms with Crippen LogP contribution in [0.1, 0.15) is 10.4 Å². The summed E-state index contributed by atoms with van der Waals surface area (Å²) in [6.45, 7) is 0.737. The summed E-state index contributed by atoms with van der Waals surface area (Å²) in [5.74, 6) is -1.77. The molecular weight excluding hydrogens is 264 g/mol. The standard InChI is InChI=1S/C15H11F2NO2/c16-11-6-5-10(9-12(11)17)15(19)18-7-8-20-14-4-2-1-3-13(14)18/h1-6,9H,7-8H2. The Morgan fingerprint density at radius 2 is 1.90 bits per heavy atom. The van der Waals surface area contributed by atoms with Gasteiger partial charge in [-0.1, -0.05) is 12.1 Å². The van der Waals surface area contributed by atoms with Crippen LogP contribution in [0.2, 0.25) is 0 Å². The quantitative estimate of drug-likeness (QED) is 0.800. The van der Waals surface area contributed by atoms with E-state index in [2.05, 4.69) is 0 Å². The van der Waals surface area contributed by atoms with Gasteiger partial charge in [-0.15, -0.1) is 0 Å². The zero-order valence-corrected chi connectivity index (χ0v) is 10.5. The number of hydrogen-bond donors (Lipinski definition) is 0. The van der Waals surface area contributed by atoms with Crippen LogP contribution in [0.25, 0.3) is 0 Å². The number of rotatable bonds is 1. The Labute approximate surface area is 114 Å². The second-order valence-corrected chi connectivity index (χ2v) is 4.40. The predicted molar refractivity (Wildman–Crippen MR) is 70.0 cm³/mol. The summed E-state index contributed by atoms with van der Waals surface area (Å²) in [7, 11) is 0. The molecule has 1 aliphatic heterocycles. The topological polar surface area (TPSA) is 29.5 Å². The molecular formula is C15H11F2NO2. The number of hydrogen-bond acceptors (Lipinski definition) is 2. The minimum absolute atomic E-state index is 0.112. The van der Waals surface area contributed by atoms with E-state index in [1.165, 1.54) is 11.0 Å². The third-order valence-corrected chi connectivity index (χ3v) is 3.14. The average molecular weight is 275 g/mol. The van der Waals surface area contributed by atoms with Gasteiger partial charge in [0.15, 0.2) is 11.6 Å². The van der Waals surface area contributed by atoms with Crippen molar-refractivity contribution < 1.29 is 18.3 Å². The van der Waals surface area contributed by atoms with E-state index in [9.17, 15) is 13.6 Å². The number of amides is 1. The van der Waals surface area contributed by atoms with E-state index >= 15 is 0 Å². The van der Waals surface area contributed by atoms with Crippen molar-refractivity contribution in [2.75, 3.05) is 18.1 Å². The lowest BCUT2D eigenvalue weighted by Crippen LogP contribution is -2.38. The number of fused-ring (bicyclic) bond motifs is 1. The zero-order chi connectivity index (χ0) is 14.1. The molecule has 0 atom stereocenters. The summed E-state index contributed by atoms with van der Waals surface area (Å²) in [5, 5.41) is 0. The van der Waals surface area contributed by atoms with Crippen LogP contribution in [0.4, 0.5) is 14.5 Å². The molecule has 0 bridgehead atoms. The van der Waals surface area contributed by atoms with Crippen molar-refractivity contribution in [3.8, 4) is 5.75 Å². The largest absolute Gasteiger partial charge is 0.490 e. The van der Waals surface area contributed by atoms with Gasteiger partial charge in [-0.2, -0.15) is 0 Å². The van der Waals surface area contributed by atoms with E-state index in [0.717, 1.165) is 12.1 Å². The number of ether oxygens (including phenoxy) is 1. The van der Waals surface area contributed by atoms with Crippen molar-refractivity contribution in [1.82, 2.24) is 0 Å². The molecule has 0 saturated heterocycles. The molecule has 0 aliphatic carbocycles. The number of nitrogens with zero attached hydrogens (tertiary/aromatic N) is 1. The fourth-order valence-corrected chi connectivity index (χ4v) is 2.17. The highest BCUT2D eigenvalue weighted by Crippen LogP contribution is 2.32. The van der Waals surface area contributed by atoms with Gasteiger partial charge in [0.25, 0.3) is 5.91 Å². The van der Waals surface area contributed by atoms with Gasteiger partial charge in [0.05, 0.1) is 12.2 Å². The molecule has 3 nitrogen and oxygen atoms in total. The van der Waals surface area contributed by atoms with E-state index in [1.54, 1.807) is 18.2 Å². The number of benzene rings is 2. The van der Waals surface area contributed by atoms with Crippen molar-refractivity contribution in [2.45, 2.75) is 0 Å². The van der Waals surface area contributed by atoms with Crippen LogP contribution in [0.5, 0.6) is 5.75 Å². The van der Waals surface area contributed by atoms with Crippen molar-refractivity contribution in [3.05, 3.63) is 59.7 Å². The SMILES string of the molecule is O=C(c1ccc(F)c(F)c1)N1CCOc2ccccc21. The van der Waals surface area contributed by atoms with Gasteiger partial charge in [0, 0.05) is 5.56 Å². The first-order chi connectivity index (χ1) is 9.66. The van der Waals surface area contributed by atoms with E-state index in [1.807, 2.05) is 6.07 Å². The minimum Gasteiger partial charge on any atom is -0.490 e. The van der Waals surface area contributed by atoms with Crippen LogP contribution in [0, 0.1) is 11.6 Å². The summed E-state index contributed by atoms with van der Waals surface area (Å²) in [6.07, 6.45) is 0. The van der Waals surface area contributed by atoms with E-state index in [-0.39, 0.29) is 11.5 Å². The van der Waals surface area contributed by atoms with Crippen LogP contribution < -0.4 is 9.64 Å². The van der Waals surface area contributed by atoms with Gasteiger partial charge < -0.3 is 9.64 Å². The molecule has 3 rings (SSSR count). The highest BCUT2D eigenvalue weighted by atomic mass is 19.2. The first-order valence-corrected chi connectivity index (χ1v) is 6.15. The second-order valence-electron chi connectivity index (χ2n) is 4.40. The molecule has 1 heterocycles. The molecule has 0 spiro atoms. The Bertz CT molecular complexity index is 673. The monoisotopic (exact) mass is 275 g/mol. The van der Waals surface area contributed by atoms with Crippen molar-refractivity contribution in [1.29, 1.82) is 0 Å². The Morgan fingerprint density at radius 1 is 1.10 bits per heavy atom. The van der Waals surface area contributed by atoms with Crippen LogP contribution >= 0.6 is 0 Å². The van der Waals surface area contributed by atoms with E-state index < -0.39 is 11.6 Å². The molecule has 20 heavy (non-hydrogen) atoms. The fourth-order valence-electron chi connectivity index (χ4n) is 2.17. The maximum Gasteiger partial charge on any atom is 0.258 e. The van der Waals surface area contributed by atoms with Gasteiger partial charge in [-0.3, -0.25) is 4.79 Å². The lowest BCUT2D eigenvalue weighted by Gasteiger charge is -2.29. The number of halogens is 2. The maximum atomic E-state index is 13.2. The van der Waals surface area contributed by atoms with Crippen molar-refractivity contribution in [2.24, 2.45) is 0 Å². The average Bonchev–Trinajstić information content (AvgIpc) is 2.49. The Kier molecular flexibility index (Phi) is 3.10. The van der Waals surface area contributed by atoms with Gasteiger partial charge in [0.1, 0.15) is 12.4 Å². The predicted octanol–water partition coefficient (Wildman–Crippen LogP) is 3.00. The summed E-state index contributed by atoms with van der Waals surface area (Å²) in [5.41, 5.74) is 0.745. The van der Waals surface area contributed by atoms with Crippen LogP contribution in [-0.4, -0.2) is 19.1 Å². The second kappa shape index (κ2) is 4.92. The Balaban J connectivity index is 1.97. The number of carbonyl (C=O) groups excluding carboxylic acids is 1. The summed E-state index contributed by atoms with van der Waals surface area (Å²) >= 11 is 0. The maximum absolute atomic E-state index is 13.2.